The molecule has 0 amide bonds. The fourth-order valence-corrected chi connectivity index (χ4v) is 3.25. The molecule has 0 aliphatic heterocycles. The number of hydrogen-bond acceptors (Lipinski definition) is 5. The molecule has 0 atom stereocenters. The van der Waals surface area contributed by atoms with Gasteiger partial charge in [-0.05, 0) is 70.4 Å². The summed E-state index contributed by atoms with van der Waals surface area (Å²) in [6, 6.07) is 8.60. The lowest BCUT2D eigenvalue weighted by molar-refractivity contribution is 0.404. The summed E-state index contributed by atoms with van der Waals surface area (Å²) in [6.45, 7) is 6.18. The maximum absolute atomic E-state index is 12.7. The van der Waals surface area contributed by atoms with Gasteiger partial charge in [-0.15, -0.1) is 0 Å². The van der Waals surface area contributed by atoms with E-state index in [9.17, 15) is 20.1 Å². The van der Waals surface area contributed by atoms with Crippen LogP contribution in [-0.4, -0.2) is 15.3 Å². The topological polar surface area (TPSA) is 90.9 Å². The quantitative estimate of drug-likeness (QED) is 0.355. The number of allylic oxidation sites excluding steroid dienone is 4. The Labute approximate surface area is 175 Å². The van der Waals surface area contributed by atoms with Gasteiger partial charge in [-0.25, -0.2) is 0 Å². The van der Waals surface area contributed by atoms with E-state index in [1.807, 2.05) is 13.0 Å². The fourth-order valence-electron chi connectivity index (χ4n) is 3.25. The average Bonchev–Trinajstić information content (AvgIpc) is 2.68. The lowest BCUT2D eigenvalue weighted by atomic mass is 10.0. The van der Waals surface area contributed by atoms with Gasteiger partial charge in [-0.2, -0.15) is 0 Å². The van der Waals surface area contributed by atoms with Crippen LogP contribution in [0.15, 0.2) is 68.9 Å². The van der Waals surface area contributed by atoms with Crippen LogP contribution >= 0.6 is 0 Å². The van der Waals surface area contributed by atoms with E-state index < -0.39 is 0 Å². The number of benzene rings is 2. The lowest BCUT2D eigenvalue weighted by Crippen LogP contribution is -2.02. The van der Waals surface area contributed by atoms with Crippen molar-refractivity contribution in [3.63, 3.8) is 0 Å². The molecule has 1 heterocycles. The summed E-state index contributed by atoms with van der Waals surface area (Å²) in [5.41, 5.74) is 3.53. The zero-order valence-electron chi connectivity index (χ0n) is 17.4. The van der Waals surface area contributed by atoms with Gasteiger partial charge in [0.05, 0.1) is 5.39 Å². The van der Waals surface area contributed by atoms with E-state index in [1.54, 1.807) is 12.1 Å². The van der Waals surface area contributed by atoms with Crippen LogP contribution in [0.25, 0.3) is 22.3 Å². The highest BCUT2D eigenvalue weighted by Crippen LogP contribution is 2.33. The molecule has 30 heavy (non-hydrogen) atoms. The van der Waals surface area contributed by atoms with E-state index in [1.165, 1.54) is 35.4 Å². The third kappa shape index (κ3) is 4.74. The van der Waals surface area contributed by atoms with Crippen LogP contribution < -0.4 is 5.43 Å². The first-order valence-corrected chi connectivity index (χ1v) is 9.86. The zero-order chi connectivity index (χ0) is 21.8. The molecule has 3 aromatic rings. The van der Waals surface area contributed by atoms with Crippen LogP contribution in [0.3, 0.4) is 0 Å². The summed E-state index contributed by atoms with van der Waals surface area (Å²) in [4.78, 5) is 12.7. The molecule has 0 unspecified atom stereocenters. The number of hydrogen-bond donors (Lipinski definition) is 3. The smallest absolute Gasteiger partial charge is 0.193 e. The van der Waals surface area contributed by atoms with Crippen LogP contribution in [-0.2, 0) is 6.42 Å². The van der Waals surface area contributed by atoms with Gasteiger partial charge >= 0.3 is 0 Å². The third-order valence-corrected chi connectivity index (χ3v) is 4.98. The van der Waals surface area contributed by atoms with Crippen molar-refractivity contribution in [1.82, 2.24) is 0 Å². The standard InChI is InChI=1S/C25H26O5/c1-15(2)5-4-6-16(3)7-9-18-20(26)12-10-19-22(28)14-24(30-25(18)19)17-8-11-21(27)23(29)13-17/h5,7-8,10-14,26-27,29H,4,6,9H2,1-3H3/b16-7+. The molecule has 3 rings (SSSR count). The molecule has 1 aromatic heterocycles. The Bertz CT molecular complexity index is 1190. The van der Waals surface area contributed by atoms with Crippen molar-refractivity contribution in [3.8, 4) is 28.6 Å². The summed E-state index contributed by atoms with van der Waals surface area (Å²) >= 11 is 0. The molecule has 0 aliphatic rings. The second-order valence-electron chi connectivity index (χ2n) is 7.69. The van der Waals surface area contributed by atoms with Crippen LogP contribution in [0.4, 0.5) is 0 Å². The molecular weight excluding hydrogens is 380 g/mol. The van der Waals surface area contributed by atoms with Gasteiger partial charge in [0, 0.05) is 17.2 Å². The minimum atomic E-state index is -0.304. The number of phenols is 3. The predicted molar refractivity (Wildman–Crippen MR) is 119 cm³/mol. The minimum Gasteiger partial charge on any atom is -0.508 e. The van der Waals surface area contributed by atoms with Crippen molar-refractivity contribution in [3.05, 3.63) is 75.5 Å². The van der Waals surface area contributed by atoms with E-state index in [0.29, 0.717) is 28.5 Å². The van der Waals surface area contributed by atoms with Crippen molar-refractivity contribution in [2.45, 2.75) is 40.0 Å². The molecular formula is C25H26O5. The molecule has 5 heteroatoms. The number of fused-ring (bicyclic) bond motifs is 1. The summed E-state index contributed by atoms with van der Waals surface area (Å²) in [5, 5.41) is 30.1. The van der Waals surface area contributed by atoms with Gasteiger partial charge in [-0.3, -0.25) is 4.79 Å². The molecule has 156 valence electrons. The molecule has 0 aliphatic carbocycles. The second kappa shape index (κ2) is 8.91. The van der Waals surface area contributed by atoms with Crippen molar-refractivity contribution >= 4 is 11.0 Å². The molecule has 0 saturated carbocycles. The number of phenolic OH excluding ortho intramolecular Hbond substituents is 3. The maximum atomic E-state index is 12.7. The highest BCUT2D eigenvalue weighted by atomic mass is 16.3. The van der Waals surface area contributed by atoms with Gasteiger partial charge in [0.25, 0.3) is 0 Å². The Morgan fingerprint density at radius 2 is 1.67 bits per heavy atom. The largest absolute Gasteiger partial charge is 0.508 e. The number of aromatic hydroxyl groups is 3. The van der Waals surface area contributed by atoms with Gasteiger partial charge in [0.2, 0.25) is 0 Å². The van der Waals surface area contributed by atoms with Gasteiger partial charge in [-0.1, -0.05) is 23.3 Å². The normalized spacial score (nSPS) is 11.6. The molecule has 0 spiro atoms. The molecule has 5 nitrogen and oxygen atoms in total. The Hall–Kier alpha value is -3.47. The van der Waals surface area contributed by atoms with Gasteiger partial charge in [0.15, 0.2) is 16.9 Å². The van der Waals surface area contributed by atoms with E-state index in [2.05, 4.69) is 19.9 Å². The lowest BCUT2D eigenvalue weighted by Gasteiger charge is -2.09. The molecule has 3 N–H and O–H groups in total. The Morgan fingerprint density at radius 1 is 0.933 bits per heavy atom. The Kier molecular flexibility index (Phi) is 6.31. The van der Waals surface area contributed by atoms with Crippen LogP contribution in [0.1, 0.15) is 39.2 Å². The first-order valence-electron chi connectivity index (χ1n) is 9.86. The van der Waals surface area contributed by atoms with E-state index in [-0.39, 0.29) is 28.4 Å². The van der Waals surface area contributed by atoms with Crippen LogP contribution in [0, 0.1) is 0 Å². The Morgan fingerprint density at radius 3 is 2.37 bits per heavy atom. The SMILES string of the molecule is CC(C)=CCC/C(C)=C/Cc1c(O)ccc2c(=O)cc(-c3ccc(O)c(O)c3)oc12. The van der Waals surface area contributed by atoms with Crippen molar-refractivity contribution in [2.75, 3.05) is 0 Å². The minimum absolute atomic E-state index is 0.0599. The first kappa shape index (κ1) is 21.2. The molecule has 0 bridgehead atoms. The maximum Gasteiger partial charge on any atom is 0.193 e. The summed E-state index contributed by atoms with van der Waals surface area (Å²) < 4.78 is 5.99. The molecule has 0 saturated heterocycles. The van der Waals surface area contributed by atoms with Crippen molar-refractivity contribution < 1.29 is 19.7 Å². The van der Waals surface area contributed by atoms with Gasteiger partial charge in [0.1, 0.15) is 17.1 Å². The predicted octanol–water partition coefficient (Wildman–Crippen LogP) is 5.81. The van der Waals surface area contributed by atoms with E-state index in [0.717, 1.165) is 12.8 Å². The van der Waals surface area contributed by atoms with Crippen LogP contribution in [0.5, 0.6) is 17.2 Å². The van der Waals surface area contributed by atoms with E-state index in [4.69, 9.17) is 4.42 Å². The third-order valence-electron chi connectivity index (χ3n) is 4.98. The summed E-state index contributed by atoms with van der Waals surface area (Å²) in [5.74, 6) is -0.251. The fraction of sp³-hybridized carbons (Fsp3) is 0.240. The van der Waals surface area contributed by atoms with Crippen molar-refractivity contribution in [1.29, 1.82) is 0 Å². The summed E-state index contributed by atoms with van der Waals surface area (Å²) in [6.07, 6.45) is 6.52. The summed E-state index contributed by atoms with van der Waals surface area (Å²) in [7, 11) is 0. The van der Waals surface area contributed by atoms with E-state index >= 15 is 0 Å². The number of rotatable bonds is 6. The van der Waals surface area contributed by atoms with Crippen LogP contribution in [0.2, 0.25) is 0 Å². The zero-order valence-corrected chi connectivity index (χ0v) is 17.4. The second-order valence-corrected chi connectivity index (χ2v) is 7.69. The molecule has 2 aromatic carbocycles. The Balaban J connectivity index is 2.02. The highest BCUT2D eigenvalue weighted by Gasteiger charge is 2.14. The van der Waals surface area contributed by atoms with Crippen molar-refractivity contribution in [2.24, 2.45) is 0 Å². The molecule has 0 fully saturated rings. The first-order chi connectivity index (χ1) is 14.3. The average molecular weight is 406 g/mol. The highest BCUT2D eigenvalue weighted by molar-refractivity contribution is 5.84. The molecule has 0 radical (unpaired) electrons. The monoisotopic (exact) mass is 406 g/mol. The van der Waals surface area contributed by atoms with Gasteiger partial charge < -0.3 is 19.7 Å².